The van der Waals surface area contributed by atoms with Crippen LogP contribution in [0, 0.1) is 13.8 Å². The summed E-state index contributed by atoms with van der Waals surface area (Å²) >= 11 is 6.16. The van der Waals surface area contributed by atoms with Crippen molar-refractivity contribution in [3.63, 3.8) is 0 Å². The van der Waals surface area contributed by atoms with Gasteiger partial charge in [-0.15, -0.1) is 0 Å². The van der Waals surface area contributed by atoms with Gasteiger partial charge in [-0.1, -0.05) is 23.7 Å². The van der Waals surface area contributed by atoms with E-state index in [2.05, 4.69) is 35.2 Å². The second-order valence-electron chi connectivity index (χ2n) is 5.73. The number of halogens is 1. The normalized spacial score (nSPS) is 14.4. The Morgan fingerprint density at radius 2 is 2.12 bits per heavy atom. The van der Waals surface area contributed by atoms with Gasteiger partial charge in [0.2, 0.25) is 0 Å². The maximum absolute atomic E-state index is 6.16. The zero-order chi connectivity index (χ0) is 16.2. The Bertz CT molecular complexity index is 733. The molecule has 1 unspecified atom stereocenters. The van der Waals surface area contributed by atoms with Crippen molar-refractivity contribution in [3.05, 3.63) is 63.9 Å². The predicted molar refractivity (Wildman–Crippen MR) is 98.0 cm³/mol. The van der Waals surface area contributed by atoms with Gasteiger partial charge in [0.25, 0.3) is 6.02 Å². The summed E-state index contributed by atoms with van der Waals surface area (Å²) in [7, 11) is 0. The average Bonchev–Trinajstić information content (AvgIpc) is 3.04. The first-order chi connectivity index (χ1) is 11.1. The standard InChI is InChI=1S/C18H20ClN3O.H3N/c1-12-10-20-11-15(13(12)2)9-17(22-18-21-6-7-23-18)14-4-3-5-16(19)8-14;/h3-5,8,10-11,17H,6-7,9H2,1-2H3,(H,21,22);1H3. The average molecular weight is 347 g/mol. The number of rotatable bonds is 4. The maximum Gasteiger partial charge on any atom is 0.285 e. The summed E-state index contributed by atoms with van der Waals surface area (Å²) in [6, 6.07) is 8.53. The smallest absolute Gasteiger partial charge is 0.285 e. The third kappa shape index (κ3) is 4.24. The van der Waals surface area contributed by atoms with Crippen LogP contribution in [0.5, 0.6) is 0 Å². The molecule has 1 aromatic carbocycles. The number of benzene rings is 1. The van der Waals surface area contributed by atoms with Gasteiger partial charge in [-0.2, -0.15) is 0 Å². The number of aryl methyl sites for hydroxylation is 1. The summed E-state index contributed by atoms with van der Waals surface area (Å²) in [4.78, 5) is 8.67. The Balaban J connectivity index is 0.00000208. The first kappa shape index (κ1) is 18.2. The number of pyridine rings is 1. The van der Waals surface area contributed by atoms with Crippen molar-refractivity contribution in [2.24, 2.45) is 4.99 Å². The Hall–Kier alpha value is -2.11. The number of amidine groups is 1. The van der Waals surface area contributed by atoms with E-state index in [0.29, 0.717) is 19.2 Å². The summed E-state index contributed by atoms with van der Waals surface area (Å²) in [6.45, 7) is 5.55. The number of nitrogens with one attached hydrogen (secondary N) is 1. The van der Waals surface area contributed by atoms with Crippen molar-refractivity contribution in [1.29, 1.82) is 0 Å². The molecule has 1 aliphatic rings. The van der Waals surface area contributed by atoms with Crippen molar-refractivity contribution in [3.8, 4) is 0 Å². The lowest BCUT2D eigenvalue weighted by Gasteiger charge is -2.21. The van der Waals surface area contributed by atoms with Crippen molar-refractivity contribution >= 4 is 17.6 Å². The molecule has 0 saturated heterocycles. The highest BCUT2D eigenvalue weighted by Crippen LogP contribution is 2.24. The van der Waals surface area contributed by atoms with Gasteiger partial charge >= 0.3 is 0 Å². The highest BCUT2D eigenvalue weighted by Gasteiger charge is 2.18. The van der Waals surface area contributed by atoms with E-state index in [1.807, 2.05) is 30.6 Å². The van der Waals surface area contributed by atoms with Crippen LogP contribution in [0.15, 0.2) is 41.7 Å². The Morgan fingerprint density at radius 3 is 2.83 bits per heavy atom. The highest BCUT2D eigenvalue weighted by atomic mass is 35.5. The van der Waals surface area contributed by atoms with Crippen molar-refractivity contribution < 1.29 is 4.74 Å². The molecule has 0 saturated carbocycles. The van der Waals surface area contributed by atoms with Crippen LogP contribution in [0.2, 0.25) is 5.02 Å². The van der Waals surface area contributed by atoms with Gasteiger partial charge in [0, 0.05) is 17.4 Å². The lowest BCUT2D eigenvalue weighted by atomic mass is 9.96. The molecule has 0 aliphatic carbocycles. The molecular weight excluding hydrogens is 324 g/mol. The SMILES string of the molecule is Cc1cncc(CC(NC2=NCCO2)c2cccc(Cl)c2)c1C.N. The van der Waals surface area contributed by atoms with Gasteiger partial charge in [0.05, 0.1) is 12.6 Å². The topological polar surface area (TPSA) is 81.5 Å². The van der Waals surface area contributed by atoms with Gasteiger partial charge in [0.1, 0.15) is 6.61 Å². The van der Waals surface area contributed by atoms with E-state index in [4.69, 9.17) is 16.3 Å². The molecule has 6 heteroatoms. The molecule has 0 fully saturated rings. The number of aromatic nitrogens is 1. The van der Waals surface area contributed by atoms with E-state index in [0.717, 1.165) is 17.0 Å². The van der Waals surface area contributed by atoms with Crippen molar-refractivity contribution in [2.75, 3.05) is 13.2 Å². The van der Waals surface area contributed by atoms with Crippen molar-refractivity contribution in [2.45, 2.75) is 26.3 Å². The summed E-state index contributed by atoms with van der Waals surface area (Å²) in [5.41, 5.74) is 4.78. The Kier molecular flexibility index (Phi) is 6.17. The monoisotopic (exact) mass is 346 g/mol. The molecule has 1 atom stereocenters. The maximum atomic E-state index is 6.16. The molecule has 2 heterocycles. The minimum Gasteiger partial charge on any atom is -0.463 e. The molecule has 0 amide bonds. The van der Waals surface area contributed by atoms with Crippen LogP contribution in [0.3, 0.4) is 0 Å². The summed E-state index contributed by atoms with van der Waals surface area (Å²) < 4.78 is 5.52. The first-order valence-electron chi connectivity index (χ1n) is 7.73. The molecule has 1 aliphatic heterocycles. The number of hydrogen-bond acceptors (Lipinski definition) is 5. The molecule has 5 nitrogen and oxygen atoms in total. The fourth-order valence-corrected chi connectivity index (χ4v) is 2.86. The largest absolute Gasteiger partial charge is 0.463 e. The van der Waals surface area contributed by atoms with Gasteiger partial charge in [-0.3, -0.25) is 4.98 Å². The molecule has 4 N–H and O–H groups in total. The van der Waals surface area contributed by atoms with E-state index < -0.39 is 0 Å². The zero-order valence-electron chi connectivity index (χ0n) is 14.1. The molecule has 24 heavy (non-hydrogen) atoms. The van der Waals surface area contributed by atoms with Gasteiger partial charge in [0.15, 0.2) is 0 Å². The summed E-state index contributed by atoms with van der Waals surface area (Å²) in [5.74, 6) is 0. The van der Waals surface area contributed by atoms with Crippen LogP contribution < -0.4 is 11.5 Å². The molecule has 0 bridgehead atoms. The second-order valence-corrected chi connectivity index (χ2v) is 6.17. The van der Waals surface area contributed by atoms with Gasteiger partial charge < -0.3 is 16.2 Å². The fraction of sp³-hybridized carbons (Fsp3) is 0.333. The lowest BCUT2D eigenvalue weighted by molar-refractivity contribution is 0.325. The Labute approximate surface area is 147 Å². The summed E-state index contributed by atoms with van der Waals surface area (Å²) in [6.07, 6.45) is 4.62. The minimum absolute atomic E-state index is 0. The number of nitrogens with zero attached hydrogens (tertiary/aromatic N) is 2. The van der Waals surface area contributed by atoms with E-state index in [-0.39, 0.29) is 12.2 Å². The van der Waals surface area contributed by atoms with Crippen LogP contribution in [0.25, 0.3) is 0 Å². The number of ether oxygens (including phenoxy) is 1. The Morgan fingerprint density at radius 1 is 1.29 bits per heavy atom. The molecule has 0 radical (unpaired) electrons. The first-order valence-corrected chi connectivity index (χ1v) is 8.10. The van der Waals surface area contributed by atoms with E-state index in [1.165, 1.54) is 16.7 Å². The highest BCUT2D eigenvalue weighted by molar-refractivity contribution is 6.30. The predicted octanol–water partition coefficient (Wildman–Crippen LogP) is 3.77. The number of hydrogen-bond donors (Lipinski definition) is 2. The molecule has 3 rings (SSSR count). The third-order valence-corrected chi connectivity index (χ3v) is 4.37. The molecule has 0 spiro atoms. The lowest BCUT2D eigenvalue weighted by Crippen LogP contribution is -2.30. The van der Waals surface area contributed by atoms with Gasteiger partial charge in [-0.25, -0.2) is 4.99 Å². The van der Waals surface area contributed by atoms with E-state index in [1.54, 1.807) is 0 Å². The molecule has 1 aromatic heterocycles. The van der Waals surface area contributed by atoms with Crippen LogP contribution in [0.1, 0.15) is 28.3 Å². The fourth-order valence-electron chi connectivity index (χ4n) is 2.66. The van der Waals surface area contributed by atoms with Crippen LogP contribution >= 0.6 is 11.6 Å². The van der Waals surface area contributed by atoms with Gasteiger partial charge in [-0.05, 0) is 54.7 Å². The van der Waals surface area contributed by atoms with Crippen LogP contribution in [-0.4, -0.2) is 24.2 Å². The zero-order valence-corrected chi connectivity index (χ0v) is 14.8. The van der Waals surface area contributed by atoms with Crippen molar-refractivity contribution in [1.82, 2.24) is 16.5 Å². The second kappa shape index (κ2) is 8.13. The number of aliphatic imine (C=N–C) groups is 1. The van der Waals surface area contributed by atoms with Crippen LogP contribution in [-0.2, 0) is 11.2 Å². The van der Waals surface area contributed by atoms with E-state index in [9.17, 15) is 0 Å². The summed E-state index contributed by atoms with van der Waals surface area (Å²) in [5, 5.41) is 4.12. The van der Waals surface area contributed by atoms with E-state index >= 15 is 0 Å². The molecule has 128 valence electrons. The quantitative estimate of drug-likeness (QED) is 0.882. The molecule has 2 aromatic rings. The van der Waals surface area contributed by atoms with Crippen LogP contribution in [0.4, 0.5) is 0 Å². The minimum atomic E-state index is 0. The third-order valence-electron chi connectivity index (χ3n) is 4.13. The molecular formula is C18H23ClN4O.